The number of H-pyrrole nitrogens is 1. The zero-order chi connectivity index (χ0) is 32.8. The lowest BCUT2D eigenvalue weighted by molar-refractivity contribution is -0.142. The van der Waals surface area contributed by atoms with E-state index in [2.05, 4.69) is 25.9 Å². The first-order chi connectivity index (χ1) is 21.6. The highest BCUT2D eigenvalue weighted by Crippen LogP contribution is 2.19. The molecule has 11 N–H and O–H groups in total. The molecule has 3 aromatic rings. The van der Waals surface area contributed by atoms with Crippen molar-refractivity contribution < 1.29 is 24.3 Å². The highest BCUT2D eigenvalue weighted by molar-refractivity contribution is 7.98. The number of guanidine groups is 1. The quantitative estimate of drug-likeness (QED) is 0.0554. The molecule has 0 spiro atoms. The van der Waals surface area contributed by atoms with Gasteiger partial charge in [0, 0.05) is 36.5 Å². The van der Waals surface area contributed by atoms with Gasteiger partial charge in [0.1, 0.15) is 18.1 Å². The fourth-order valence-electron chi connectivity index (χ4n) is 4.75. The van der Waals surface area contributed by atoms with E-state index in [1.54, 1.807) is 42.2 Å². The van der Waals surface area contributed by atoms with E-state index < -0.39 is 47.9 Å². The summed E-state index contributed by atoms with van der Waals surface area (Å²) in [6, 6.07) is 12.1. The number of nitrogens with two attached hydrogens (primary N) is 3. The Labute approximate surface area is 266 Å². The van der Waals surface area contributed by atoms with Crippen molar-refractivity contribution in [1.82, 2.24) is 20.9 Å². The molecular weight excluding hydrogens is 596 g/mol. The molecule has 0 aliphatic heterocycles. The summed E-state index contributed by atoms with van der Waals surface area (Å²) in [6.07, 6.45) is 4.69. The van der Waals surface area contributed by atoms with E-state index in [1.807, 2.05) is 36.6 Å². The van der Waals surface area contributed by atoms with Gasteiger partial charge in [0.05, 0.1) is 6.04 Å². The van der Waals surface area contributed by atoms with E-state index in [4.69, 9.17) is 17.2 Å². The first-order valence-corrected chi connectivity index (χ1v) is 16.0. The molecule has 242 valence electrons. The van der Waals surface area contributed by atoms with Crippen LogP contribution in [0.4, 0.5) is 0 Å². The number of aromatic nitrogens is 1. The Morgan fingerprint density at radius 3 is 2.20 bits per heavy atom. The Hall–Kier alpha value is -4.56. The molecule has 14 heteroatoms. The molecule has 3 amide bonds. The van der Waals surface area contributed by atoms with Crippen LogP contribution in [0.1, 0.15) is 30.4 Å². The maximum atomic E-state index is 13.7. The maximum absolute atomic E-state index is 13.7. The van der Waals surface area contributed by atoms with Crippen LogP contribution in [0.2, 0.25) is 0 Å². The van der Waals surface area contributed by atoms with Gasteiger partial charge in [-0.25, -0.2) is 4.79 Å². The molecule has 4 unspecified atom stereocenters. The zero-order valence-electron chi connectivity index (χ0n) is 25.2. The monoisotopic (exact) mass is 638 g/mol. The zero-order valence-corrected chi connectivity index (χ0v) is 26.0. The van der Waals surface area contributed by atoms with Gasteiger partial charge in [-0.3, -0.25) is 19.4 Å². The smallest absolute Gasteiger partial charge is 0.326 e. The molecule has 4 atom stereocenters. The largest absolute Gasteiger partial charge is 0.480 e. The minimum absolute atomic E-state index is 0.0487. The standard InChI is InChI=1S/C31H42N8O5S/c1-45-15-13-22(32)27(40)37-24(12-7-14-35-31(33)34)28(41)38-25(17-20-18-36-23-11-6-5-10-21(20)23)29(42)39-26(30(43)44)16-19-8-3-2-4-9-19/h2-6,8-11,18,22,24-26,36H,7,12-17,32H2,1H3,(H,37,40)(H,38,41)(H,39,42)(H,43,44)(H4,33,34,35). The van der Waals surface area contributed by atoms with Gasteiger partial charge in [0.25, 0.3) is 0 Å². The summed E-state index contributed by atoms with van der Waals surface area (Å²) in [4.78, 5) is 59.5. The average molecular weight is 639 g/mol. The van der Waals surface area contributed by atoms with Crippen LogP contribution >= 0.6 is 11.8 Å². The number of aliphatic carboxylic acids is 1. The summed E-state index contributed by atoms with van der Waals surface area (Å²) in [5.41, 5.74) is 19.2. The molecule has 0 bridgehead atoms. The number of nitrogens with one attached hydrogen (secondary N) is 4. The number of hydrogen-bond donors (Lipinski definition) is 8. The molecule has 1 aromatic heterocycles. The topological polar surface area (TPSA) is 231 Å². The Kier molecular flexibility index (Phi) is 13.7. The molecular formula is C31H42N8O5S. The van der Waals surface area contributed by atoms with E-state index >= 15 is 0 Å². The number of nitrogens with zero attached hydrogens (tertiary/aromatic N) is 1. The predicted molar refractivity (Wildman–Crippen MR) is 176 cm³/mol. The third-order valence-electron chi connectivity index (χ3n) is 7.18. The van der Waals surface area contributed by atoms with Crippen LogP contribution in [0.3, 0.4) is 0 Å². The van der Waals surface area contributed by atoms with Crippen molar-refractivity contribution in [3.05, 3.63) is 71.9 Å². The van der Waals surface area contributed by atoms with Gasteiger partial charge in [-0.1, -0.05) is 48.5 Å². The molecule has 0 aliphatic carbocycles. The minimum Gasteiger partial charge on any atom is -0.480 e. The number of amides is 3. The second-order valence-electron chi connectivity index (χ2n) is 10.6. The van der Waals surface area contributed by atoms with Gasteiger partial charge in [-0.15, -0.1) is 0 Å². The summed E-state index contributed by atoms with van der Waals surface area (Å²) in [6.45, 7) is 0.222. The van der Waals surface area contributed by atoms with E-state index in [-0.39, 0.29) is 31.8 Å². The number of carbonyl (C=O) groups is 4. The number of fused-ring (bicyclic) bond motifs is 1. The summed E-state index contributed by atoms with van der Waals surface area (Å²) in [7, 11) is 0. The van der Waals surface area contributed by atoms with E-state index in [1.165, 1.54) is 0 Å². The highest BCUT2D eigenvalue weighted by Gasteiger charge is 2.31. The van der Waals surface area contributed by atoms with Crippen molar-refractivity contribution >= 4 is 52.3 Å². The van der Waals surface area contributed by atoms with E-state index in [9.17, 15) is 24.3 Å². The van der Waals surface area contributed by atoms with Crippen molar-refractivity contribution in [3.8, 4) is 0 Å². The number of hydrogen-bond acceptors (Lipinski definition) is 7. The second kappa shape index (κ2) is 17.7. The highest BCUT2D eigenvalue weighted by atomic mass is 32.2. The molecule has 0 radical (unpaired) electrons. The molecule has 45 heavy (non-hydrogen) atoms. The number of para-hydroxylation sites is 1. The number of aliphatic imine (C=N–C) groups is 1. The number of thioether (sulfide) groups is 1. The molecule has 0 saturated carbocycles. The Morgan fingerprint density at radius 1 is 0.867 bits per heavy atom. The third-order valence-corrected chi connectivity index (χ3v) is 7.82. The molecule has 1 heterocycles. The summed E-state index contributed by atoms with van der Waals surface area (Å²) >= 11 is 1.55. The van der Waals surface area contributed by atoms with Gasteiger partial charge >= 0.3 is 5.97 Å². The van der Waals surface area contributed by atoms with Crippen LogP contribution in [-0.2, 0) is 32.0 Å². The van der Waals surface area contributed by atoms with E-state index in [0.29, 0.717) is 18.6 Å². The molecule has 0 saturated heterocycles. The SMILES string of the molecule is CSCCC(N)C(=O)NC(CCCN=C(N)N)C(=O)NC(Cc1c[nH]c2ccccc12)C(=O)NC(Cc1ccccc1)C(=O)O. The van der Waals surface area contributed by atoms with Gasteiger partial charge in [-0.2, -0.15) is 11.8 Å². The number of carboxylic acid groups (broad SMARTS) is 1. The van der Waals surface area contributed by atoms with Crippen molar-refractivity contribution in [2.45, 2.75) is 56.3 Å². The van der Waals surface area contributed by atoms with Crippen LogP contribution in [0.5, 0.6) is 0 Å². The number of carbonyl (C=O) groups excluding carboxylic acids is 3. The van der Waals surface area contributed by atoms with E-state index in [0.717, 1.165) is 22.0 Å². The number of aromatic amines is 1. The fourth-order valence-corrected chi connectivity index (χ4v) is 5.24. The van der Waals surface area contributed by atoms with Gasteiger partial charge in [0.2, 0.25) is 17.7 Å². The van der Waals surface area contributed by atoms with Crippen molar-refractivity contribution in [2.75, 3.05) is 18.6 Å². The third kappa shape index (κ3) is 11.1. The number of benzene rings is 2. The van der Waals surface area contributed by atoms with Gasteiger partial charge < -0.3 is 43.2 Å². The average Bonchev–Trinajstić information content (AvgIpc) is 3.43. The van der Waals surface area contributed by atoms with Crippen LogP contribution in [0.25, 0.3) is 10.9 Å². The normalized spacial score (nSPS) is 13.6. The summed E-state index contributed by atoms with van der Waals surface area (Å²) in [5.74, 6) is -2.46. The van der Waals surface area contributed by atoms with Crippen LogP contribution in [-0.4, -0.2) is 82.5 Å². The molecule has 2 aromatic carbocycles. The lowest BCUT2D eigenvalue weighted by Gasteiger charge is -2.25. The van der Waals surface area contributed by atoms with Crippen LogP contribution in [0, 0.1) is 0 Å². The molecule has 0 fully saturated rings. The first kappa shape index (κ1) is 34.9. The lowest BCUT2D eigenvalue weighted by Crippen LogP contribution is -2.57. The predicted octanol–water partition coefficient (Wildman–Crippen LogP) is 0.626. The first-order valence-electron chi connectivity index (χ1n) is 14.6. The van der Waals surface area contributed by atoms with Crippen molar-refractivity contribution in [3.63, 3.8) is 0 Å². The molecule has 3 rings (SSSR count). The van der Waals surface area contributed by atoms with Crippen molar-refractivity contribution in [2.24, 2.45) is 22.2 Å². The lowest BCUT2D eigenvalue weighted by atomic mass is 10.0. The Bertz CT molecular complexity index is 1460. The fraction of sp³-hybridized carbons (Fsp3) is 0.387. The minimum atomic E-state index is -1.24. The number of rotatable bonds is 18. The molecule has 0 aliphatic rings. The van der Waals surface area contributed by atoms with Crippen LogP contribution < -0.4 is 33.2 Å². The van der Waals surface area contributed by atoms with Crippen molar-refractivity contribution in [1.29, 1.82) is 0 Å². The summed E-state index contributed by atoms with van der Waals surface area (Å²) in [5, 5.41) is 18.8. The Balaban J connectivity index is 1.85. The summed E-state index contributed by atoms with van der Waals surface area (Å²) < 4.78 is 0. The molecule has 13 nitrogen and oxygen atoms in total. The second-order valence-corrected chi connectivity index (χ2v) is 11.6. The Morgan fingerprint density at radius 2 is 1.51 bits per heavy atom. The maximum Gasteiger partial charge on any atom is 0.326 e. The van der Waals surface area contributed by atoms with Crippen LogP contribution in [0.15, 0.2) is 65.8 Å². The number of carboxylic acids is 1. The van der Waals surface area contributed by atoms with Gasteiger partial charge in [-0.05, 0) is 48.5 Å². The van der Waals surface area contributed by atoms with Gasteiger partial charge in [0.15, 0.2) is 5.96 Å².